The third-order valence-electron chi connectivity index (χ3n) is 6.21. The van der Waals surface area contributed by atoms with Gasteiger partial charge in [0.25, 0.3) is 5.91 Å². The van der Waals surface area contributed by atoms with Gasteiger partial charge in [-0.3, -0.25) is 4.79 Å². The maximum atomic E-state index is 14.0. The Hall–Kier alpha value is -4.09. The molecule has 206 valence electrons. The van der Waals surface area contributed by atoms with Crippen LogP contribution in [0, 0.1) is 11.7 Å². The number of quaternary nitrogens is 1. The van der Waals surface area contributed by atoms with Crippen molar-refractivity contribution in [1.29, 1.82) is 0 Å². The monoisotopic (exact) mass is 536 g/mol. The van der Waals surface area contributed by atoms with Crippen molar-refractivity contribution in [2.45, 2.75) is 20.3 Å². The zero-order chi connectivity index (χ0) is 28.0. The minimum absolute atomic E-state index is 0.169. The Morgan fingerprint density at radius 2 is 2.03 bits per heavy atom. The molecule has 39 heavy (non-hydrogen) atoms. The van der Waals surface area contributed by atoms with Crippen LogP contribution in [0.5, 0.6) is 11.5 Å². The Labute approximate surface area is 227 Å². The molecular weight excluding hydrogens is 501 g/mol. The number of allylic oxidation sites excluding steroid dienone is 1. The first-order chi connectivity index (χ1) is 18.7. The molecule has 2 aromatic carbocycles. The summed E-state index contributed by atoms with van der Waals surface area (Å²) < 4.78 is 25.3. The second kappa shape index (κ2) is 12.2. The molecule has 11 heteroatoms. The number of halogens is 1. The van der Waals surface area contributed by atoms with Crippen molar-refractivity contribution in [3.63, 3.8) is 0 Å². The zero-order valence-electron chi connectivity index (χ0n) is 22.7. The summed E-state index contributed by atoms with van der Waals surface area (Å²) in [7, 11) is 3.70. The molecule has 4 rings (SSSR count). The first-order valence-corrected chi connectivity index (χ1v) is 12.8. The molecule has 0 saturated carbocycles. The average Bonchev–Trinajstić information content (AvgIpc) is 3.28. The summed E-state index contributed by atoms with van der Waals surface area (Å²) in [6, 6.07) is 9.57. The van der Waals surface area contributed by atoms with Gasteiger partial charge in [-0.2, -0.15) is 0 Å². The van der Waals surface area contributed by atoms with Gasteiger partial charge in [0.05, 0.1) is 19.2 Å². The van der Waals surface area contributed by atoms with Crippen LogP contribution in [0.4, 0.5) is 15.9 Å². The normalized spacial score (nSPS) is 16.6. The molecule has 0 aliphatic carbocycles. The number of hydrogen-bond donors (Lipinski definition) is 2. The smallest absolute Gasteiger partial charge is 0.276 e. The van der Waals surface area contributed by atoms with E-state index in [1.54, 1.807) is 31.7 Å². The minimum atomic E-state index is -0.578. The lowest BCUT2D eigenvalue weighted by atomic mass is 10.2. The highest BCUT2D eigenvalue weighted by Crippen LogP contribution is 2.35. The molecule has 3 N–H and O–H groups in total. The summed E-state index contributed by atoms with van der Waals surface area (Å²) in [5.41, 5.74) is 7.20. The number of primary amides is 1. The maximum Gasteiger partial charge on any atom is 0.276 e. The molecule has 1 aliphatic rings. The van der Waals surface area contributed by atoms with Crippen LogP contribution >= 0.6 is 0 Å². The van der Waals surface area contributed by atoms with E-state index < -0.39 is 11.7 Å². The van der Waals surface area contributed by atoms with Gasteiger partial charge in [-0.15, -0.1) is 4.59 Å². The summed E-state index contributed by atoms with van der Waals surface area (Å²) in [4.78, 5) is 23.0. The van der Waals surface area contributed by atoms with E-state index in [9.17, 15) is 9.18 Å². The van der Waals surface area contributed by atoms with Crippen LogP contribution in [0.2, 0.25) is 0 Å². The number of ether oxygens (including phenoxy) is 2. The van der Waals surface area contributed by atoms with Crippen molar-refractivity contribution >= 4 is 34.5 Å². The Morgan fingerprint density at radius 1 is 1.21 bits per heavy atom. The molecule has 1 amide bonds. The van der Waals surface area contributed by atoms with Gasteiger partial charge in [-0.05, 0) is 31.5 Å². The van der Waals surface area contributed by atoms with E-state index in [-0.39, 0.29) is 11.1 Å². The predicted octanol–water partition coefficient (Wildman–Crippen LogP) is 3.88. The average molecular weight is 537 g/mol. The summed E-state index contributed by atoms with van der Waals surface area (Å²) in [5, 5.41) is 8.44. The van der Waals surface area contributed by atoms with Crippen molar-refractivity contribution in [1.82, 2.24) is 19.5 Å². The largest absolute Gasteiger partial charge is 0.493 e. The van der Waals surface area contributed by atoms with Gasteiger partial charge in [0.1, 0.15) is 29.9 Å². The van der Waals surface area contributed by atoms with Gasteiger partial charge in [0.15, 0.2) is 29.9 Å². The van der Waals surface area contributed by atoms with Crippen LogP contribution in [-0.2, 0) is 4.79 Å². The fourth-order valence-electron chi connectivity index (χ4n) is 4.60. The van der Waals surface area contributed by atoms with Gasteiger partial charge >= 0.3 is 0 Å². The van der Waals surface area contributed by atoms with Crippen LogP contribution in [0.3, 0.4) is 0 Å². The quantitative estimate of drug-likeness (QED) is 0.252. The number of nitrogens with zero attached hydrogens (tertiary/aromatic N) is 5. The number of carbonyl (C=O) groups excluding carboxylic acids is 1. The molecule has 0 fully saturated rings. The van der Waals surface area contributed by atoms with Crippen molar-refractivity contribution in [3.05, 3.63) is 60.4 Å². The number of hydrogen-bond acceptors (Lipinski definition) is 8. The number of amides is 1. The molecule has 0 spiro atoms. The molecule has 2 heterocycles. The molecule has 0 saturated heterocycles. The number of fused-ring (bicyclic) bond motifs is 1. The van der Waals surface area contributed by atoms with Crippen LogP contribution in [0.1, 0.15) is 20.3 Å². The van der Waals surface area contributed by atoms with E-state index in [1.807, 2.05) is 12.1 Å². The molecule has 1 aromatic heterocycles. The maximum absolute atomic E-state index is 14.0. The number of carbonyl (C=O) groups is 1. The molecule has 0 radical (unpaired) electrons. The van der Waals surface area contributed by atoms with Crippen LogP contribution in [0.15, 0.2) is 59.7 Å². The van der Waals surface area contributed by atoms with Gasteiger partial charge in [0.2, 0.25) is 0 Å². The van der Waals surface area contributed by atoms with Crippen molar-refractivity contribution in [2.75, 3.05) is 45.7 Å². The van der Waals surface area contributed by atoms with Gasteiger partial charge in [0, 0.05) is 36.7 Å². The number of aromatic nitrogens is 2. The van der Waals surface area contributed by atoms with Gasteiger partial charge in [-0.1, -0.05) is 25.0 Å². The molecule has 1 aliphatic heterocycles. The molecule has 3 aromatic rings. The standard InChI is InChI=1S/C28H34FN7O3/c1-19(2)15-35(3)9-6-10-39-26-13-24-23(12-25(26)38-4)28(32-18-31-24)34-21-14-33-36(16-21,17-27(30)37)22-8-5-7-20(29)11-22/h5,7-8,11-14,16,18-19H,6,9-10,15,17H2,1-4H3,(H2-,30,31,32,34,37)/p+1. The van der Waals surface area contributed by atoms with Crippen molar-refractivity contribution in [3.8, 4) is 11.5 Å². The lowest BCUT2D eigenvalue weighted by Crippen LogP contribution is -2.44. The third kappa shape index (κ3) is 6.87. The molecule has 0 bridgehead atoms. The molecule has 10 nitrogen and oxygen atoms in total. The van der Waals surface area contributed by atoms with Crippen LogP contribution < -0.4 is 25.1 Å². The molecule has 1 atom stereocenters. The summed E-state index contributed by atoms with van der Waals surface area (Å²) >= 11 is 0. The second-order valence-electron chi connectivity index (χ2n) is 9.99. The number of methoxy groups -OCH3 is 1. The zero-order valence-corrected chi connectivity index (χ0v) is 22.7. The summed E-state index contributed by atoms with van der Waals surface area (Å²) in [6.45, 7) is 6.76. The summed E-state index contributed by atoms with van der Waals surface area (Å²) in [5.74, 6) is 1.27. The van der Waals surface area contributed by atoms with E-state index in [0.717, 1.165) is 19.5 Å². The lowest BCUT2D eigenvalue weighted by molar-refractivity contribution is -0.118. The minimum Gasteiger partial charge on any atom is -0.493 e. The molecular formula is C28H35FN7O3+. The fourth-order valence-corrected chi connectivity index (χ4v) is 4.60. The van der Waals surface area contributed by atoms with Crippen molar-refractivity contribution in [2.24, 2.45) is 16.8 Å². The summed E-state index contributed by atoms with van der Waals surface area (Å²) in [6.07, 6.45) is 5.59. The number of nitrogens with two attached hydrogens (primary N) is 1. The van der Waals surface area contributed by atoms with Gasteiger partial charge in [-0.25, -0.2) is 14.4 Å². The topological polar surface area (TPSA) is 115 Å². The van der Waals surface area contributed by atoms with Crippen LogP contribution in [-0.4, -0.2) is 67.4 Å². The van der Waals surface area contributed by atoms with Crippen LogP contribution in [0.25, 0.3) is 10.9 Å². The fraction of sp³-hybridized carbons (Fsp3) is 0.357. The van der Waals surface area contributed by atoms with E-state index in [4.69, 9.17) is 15.2 Å². The SMILES string of the molecule is COc1cc2c(NC3=C[N+](CC(N)=O)(c4cccc(F)c4)N=C3)ncnc2cc1OCCCN(C)CC(C)C. The number of anilines is 1. The Kier molecular flexibility index (Phi) is 8.72. The highest BCUT2D eigenvalue weighted by molar-refractivity contribution is 5.96. The highest BCUT2D eigenvalue weighted by atomic mass is 19.1. The Bertz CT molecular complexity index is 1390. The highest BCUT2D eigenvalue weighted by Gasteiger charge is 2.36. The van der Waals surface area contributed by atoms with E-state index in [2.05, 4.69) is 46.2 Å². The predicted molar refractivity (Wildman–Crippen MR) is 151 cm³/mol. The lowest BCUT2D eigenvalue weighted by Gasteiger charge is -2.23. The number of benzene rings is 2. The number of nitrogens with one attached hydrogen (secondary N) is 1. The first kappa shape index (κ1) is 27.9. The molecule has 1 unspecified atom stereocenters. The second-order valence-corrected chi connectivity index (χ2v) is 9.99. The Balaban J connectivity index is 1.55. The van der Waals surface area contributed by atoms with E-state index in [0.29, 0.717) is 52.1 Å². The third-order valence-corrected chi connectivity index (χ3v) is 6.21. The van der Waals surface area contributed by atoms with Crippen molar-refractivity contribution < 1.29 is 18.7 Å². The Morgan fingerprint density at radius 3 is 2.74 bits per heavy atom. The van der Waals surface area contributed by atoms with E-state index >= 15 is 0 Å². The van der Waals surface area contributed by atoms with E-state index in [1.165, 1.54) is 18.5 Å². The first-order valence-electron chi connectivity index (χ1n) is 12.8. The number of rotatable bonds is 13. The van der Waals surface area contributed by atoms with Gasteiger partial charge < -0.3 is 25.4 Å².